The van der Waals surface area contributed by atoms with Crippen molar-refractivity contribution in [3.05, 3.63) is 53.2 Å². The maximum Gasteiger partial charge on any atom is 0.173 e. The largest absolute Gasteiger partial charge is 0.496 e. The van der Waals surface area contributed by atoms with Gasteiger partial charge in [0, 0.05) is 23.5 Å². The van der Waals surface area contributed by atoms with Crippen molar-refractivity contribution in [2.75, 3.05) is 26.6 Å². The second-order valence-corrected chi connectivity index (χ2v) is 7.11. The molecule has 0 saturated heterocycles. The molecule has 2 heterocycles. The van der Waals surface area contributed by atoms with E-state index in [4.69, 9.17) is 19.2 Å². The van der Waals surface area contributed by atoms with Crippen molar-refractivity contribution in [2.45, 2.75) is 13.8 Å². The third-order valence-corrected chi connectivity index (χ3v) is 5.16. The van der Waals surface area contributed by atoms with E-state index in [-0.39, 0.29) is 0 Å². The number of nitrogens with one attached hydrogen (secondary N) is 2. The number of rotatable bonds is 6. The van der Waals surface area contributed by atoms with Crippen LogP contribution in [0.25, 0.3) is 16.9 Å². The summed E-state index contributed by atoms with van der Waals surface area (Å²) in [6, 6.07) is 11.8. The molecular formula is C23H23N5O3. The van der Waals surface area contributed by atoms with Crippen LogP contribution in [0.2, 0.25) is 0 Å². The van der Waals surface area contributed by atoms with E-state index in [0.717, 1.165) is 28.1 Å². The highest BCUT2D eigenvalue weighted by molar-refractivity contribution is 5.82. The molecule has 2 aromatic carbocycles. The van der Waals surface area contributed by atoms with Crippen LogP contribution in [0.4, 0.5) is 11.5 Å². The maximum atomic E-state index is 9.48. The average Bonchev–Trinajstić information content (AvgIpc) is 3.33. The van der Waals surface area contributed by atoms with Crippen molar-refractivity contribution in [1.29, 1.82) is 5.26 Å². The molecule has 0 radical (unpaired) electrons. The van der Waals surface area contributed by atoms with Gasteiger partial charge in [0.1, 0.15) is 23.1 Å². The molecule has 0 aliphatic carbocycles. The van der Waals surface area contributed by atoms with Gasteiger partial charge in [-0.2, -0.15) is 5.26 Å². The summed E-state index contributed by atoms with van der Waals surface area (Å²) in [5.74, 6) is 2.79. The second kappa shape index (κ2) is 7.95. The van der Waals surface area contributed by atoms with E-state index in [1.165, 1.54) is 0 Å². The number of anilines is 2. The molecule has 8 heteroatoms. The lowest BCUT2D eigenvalue weighted by Gasteiger charge is -2.13. The smallest absolute Gasteiger partial charge is 0.173 e. The molecule has 0 saturated carbocycles. The fourth-order valence-corrected chi connectivity index (χ4v) is 3.78. The van der Waals surface area contributed by atoms with Gasteiger partial charge in [0.05, 0.1) is 21.3 Å². The van der Waals surface area contributed by atoms with E-state index in [2.05, 4.69) is 16.5 Å². The first kappa shape index (κ1) is 20.2. The van der Waals surface area contributed by atoms with E-state index in [1.54, 1.807) is 32.0 Å². The van der Waals surface area contributed by atoms with Gasteiger partial charge in [-0.15, -0.1) is 0 Å². The van der Waals surface area contributed by atoms with E-state index in [1.807, 2.05) is 44.2 Å². The van der Waals surface area contributed by atoms with Gasteiger partial charge in [0.2, 0.25) is 0 Å². The fraction of sp³-hybridized carbons (Fsp3) is 0.217. The minimum atomic E-state index is 0.462. The Morgan fingerprint density at radius 3 is 2.32 bits per heavy atom. The first-order chi connectivity index (χ1) is 15.0. The summed E-state index contributed by atoms with van der Waals surface area (Å²) in [5.41, 5.74) is 5.44. The zero-order valence-corrected chi connectivity index (χ0v) is 18.0. The summed E-state index contributed by atoms with van der Waals surface area (Å²) in [5, 5.41) is 16.0. The van der Waals surface area contributed by atoms with Gasteiger partial charge in [-0.3, -0.25) is 5.10 Å². The number of ether oxygens (including phenoxy) is 3. The number of nitrogens with zero attached hydrogens (tertiary/aromatic N) is 3. The van der Waals surface area contributed by atoms with Gasteiger partial charge < -0.3 is 19.5 Å². The zero-order valence-electron chi connectivity index (χ0n) is 18.0. The molecule has 0 aliphatic heterocycles. The SMILES string of the molecule is COc1ccc(Nc2c(-c3cc(C)c(OC)c(C)c3)nc3c(C#N)c[nH]n23)cc1OC. The molecule has 8 nitrogen and oxygen atoms in total. The minimum absolute atomic E-state index is 0.462. The highest BCUT2D eigenvalue weighted by atomic mass is 16.5. The normalized spacial score (nSPS) is 10.7. The Hall–Kier alpha value is -4.12. The van der Waals surface area contributed by atoms with Crippen LogP contribution in [-0.2, 0) is 0 Å². The van der Waals surface area contributed by atoms with Crippen LogP contribution < -0.4 is 19.5 Å². The van der Waals surface area contributed by atoms with Crippen molar-refractivity contribution >= 4 is 17.2 Å². The quantitative estimate of drug-likeness (QED) is 0.476. The molecule has 2 aromatic heterocycles. The number of nitriles is 1. The molecule has 0 bridgehead atoms. The molecule has 0 atom stereocenters. The van der Waals surface area contributed by atoms with Crippen molar-refractivity contribution in [3.8, 4) is 34.6 Å². The summed E-state index contributed by atoms with van der Waals surface area (Å²) >= 11 is 0. The van der Waals surface area contributed by atoms with E-state index < -0.39 is 0 Å². The Balaban J connectivity index is 1.89. The Morgan fingerprint density at radius 2 is 1.71 bits per heavy atom. The number of imidazole rings is 1. The Kier molecular flexibility index (Phi) is 5.17. The van der Waals surface area contributed by atoms with Crippen LogP contribution in [0, 0.1) is 25.2 Å². The third-order valence-electron chi connectivity index (χ3n) is 5.16. The Bertz CT molecular complexity index is 1290. The number of hydrogen-bond acceptors (Lipinski definition) is 6. The lowest BCUT2D eigenvalue weighted by Crippen LogP contribution is -1.99. The monoisotopic (exact) mass is 417 g/mol. The number of H-pyrrole nitrogens is 1. The summed E-state index contributed by atoms with van der Waals surface area (Å²) in [4.78, 5) is 4.77. The molecule has 4 rings (SSSR count). The van der Waals surface area contributed by atoms with Crippen molar-refractivity contribution in [2.24, 2.45) is 0 Å². The van der Waals surface area contributed by atoms with E-state index in [0.29, 0.717) is 34.2 Å². The number of fused-ring (bicyclic) bond motifs is 1. The van der Waals surface area contributed by atoms with Crippen LogP contribution in [-0.4, -0.2) is 35.9 Å². The van der Waals surface area contributed by atoms with Crippen LogP contribution >= 0.6 is 0 Å². The number of aromatic amines is 1. The van der Waals surface area contributed by atoms with Gasteiger partial charge in [0.15, 0.2) is 23.0 Å². The summed E-state index contributed by atoms with van der Waals surface area (Å²) in [6.45, 7) is 4.00. The number of methoxy groups -OCH3 is 3. The molecule has 158 valence electrons. The van der Waals surface area contributed by atoms with Gasteiger partial charge in [0.25, 0.3) is 0 Å². The molecule has 2 N–H and O–H groups in total. The first-order valence-electron chi connectivity index (χ1n) is 9.65. The van der Waals surface area contributed by atoms with Gasteiger partial charge in [-0.05, 0) is 49.2 Å². The number of aromatic nitrogens is 3. The summed E-state index contributed by atoms with van der Waals surface area (Å²) in [6.07, 6.45) is 1.64. The van der Waals surface area contributed by atoms with Crippen molar-refractivity contribution < 1.29 is 14.2 Å². The van der Waals surface area contributed by atoms with Gasteiger partial charge in [-0.25, -0.2) is 9.50 Å². The maximum absolute atomic E-state index is 9.48. The third kappa shape index (κ3) is 3.40. The molecule has 4 aromatic rings. The number of hydrogen-bond donors (Lipinski definition) is 2. The summed E-state index contributed by atoms with van der Waals surface area (Å²) < 4.78 is 18.0. The Labute approximate surface area is 180 Å². The van der Waals surface area contributed by atoms with Crippen LogP contribution in [0.15, 0.2) is 36.5 Å². The van der Waals surface area contributed by atoms with E-state index in [9.17, 15) is 5.26 Å². The molecule has 31 heavy (non-hydrogen) atoms. The zero-order chi connectivity index (χ0) is 22.1. The van der Waals surface area contributed by atoms with Crippen molar-refractivity contribution in [3.63, 3.8) is 0 Å². The molecule has 0 fully saturated rings. The van der Waals surface area contributed by atoms with E-state index >= 15 is 0 Å². The van der Waals surface area contributed by atoms with Crippen LogP contribution in [0.1, 0.15) is 16.7 Å². The molecule has 0 unspecified atom stereocenters. The predicted molar refractivity (Wildman–Crippen MR) is 119 cm³/mol. The first-order valence-corrected chi connectivity index (χ1v) is 9.65. The number of aryl methyl sites for hydroxylation is 2. The topological polar surface area (TPSA) is 96.6 Å². The lowest BCUT2D eigenvalue weighted by atomic mass is 10.0. The number of benzene rings is 2. The molecular weight excluding hydrogens is 394 g/mol. The standard InChI is InChI=1S/C23H23N5O3/c1-13-8-15(9-14(2)21(13)31-5)20-23(28-22(27-20)16(11-24)12-25-28)26-17-6-7-18(29-3)19(10-17)30-4/h6-10,12,25-26H,1-5H3. The minimum Gasteiger partial charge on any atom is -0.496 e. The molecule has 0 spiro atoms. The van der Waals surface area contributed by atoms with Crippen molar-refractivity contribution in [1.82, 2.24) is 14.6 Å². The van der Waals surface area contributed by atoms with Gasteiger partial charge in [-0.1, -0.05) is 0 Å². The molecule has 0 aliphatic rings. The highest BCUT2D eigenvalue weighted by Crippen LogP contribution is 2.37. The highest BCUT2D eigenvalue weighted by Gasteiger charge is 2.20. The van der Waals surface area contributed by atoms with Crippen LogP contribution in [0.5, 0.6) is 17.2 Å². The second-order valence-electron chi connectivity index (χ2n) is 7.11. The van der Waals surface area contributed by atoms with Gasteiger partial charge >= 0.3 is 0 Å². The molecule has 0 amide bonds. The summed E-state index contributed by atoms with van der Waals surface area (Å²) in [7, 11) is 4.86. The predicted octanol–water partition coefficient (Wildman–Crippen LogP) is 4.59. The Morgan fingerprint density at radius 1 is 1.00 bits per heavy atom. The average molecular weight is 417 g/mol. The lowest BCUT2D eigenvalue weighted by molar-refractivity contribution is 0.355. The fourth-order valence-electron chi connectivity index (χ4n) is 3.78. The van der Waals surface area contributed by atoms with Crippen LogP contribution in [0.3, 0.4) is 0 Å².